The molecule has 1 amide bonds. The zero-order valence-corrected chi connectivity index (χ0v) is 21.7. The number of allylic oxidation sites excluding steroid dienone is 1. The van der Waals surface area contributed by atoms with Gasteiger partial charge in [-0.05, 0) is 87.7 Å². The van der Waals surface area contributed by atoms with E-state index in [1.54, 1.807) is 5.01 Å². The van der Waals surface area contributed by atoms with Gasteiger partial charge in [0.25, 0.3) is 5.91 Å². The molecule has 3 aliphatic heterocycles. The minimum atomic E-state index is 0.0191. The van der Waals surface area contributed by atoms with Crippen molar-refractivity contribution in [3.05, 3.63) is 71.1 Å². The van der Waals surface area contributed by atoms with Crippen LogP contribution in [-0.4, -0.2) is 66.9 Å². The summed E-state index contributed by atoms with van der Waals surface area (Å²) < 4.78 is 5.34. The van der Waals surface area contributed by atoms with Crippen LogP contribution in [0.5, 0.6) is 0 Å². The third-order valence-electron chi connectivity index (χ3n) is 7.61. The molecule has 0 aliphatic carbocycles. The molecule has 9 nitrogen and oxygen atoms in total. The molecule has 2 aromatic carbocycles. The van der Waals surface area contributed by atoms with Crippen molar-refractivity contribution in [3.63, 3.8) is 0 Å². The van der Waals surface area contributed by atoms with Crippen LogP contribution >= 0.6 is 0 Å². The minimum absolute atomic E-state index is 0.0191. The summed E-state index contributed by atoms with van der Waals surface area (Å²) in [5.41, 5.74) is 17.6. The number of hydrogen-bond donors (Lipinski definition) is 4. The number of carbonyl (C=O) groups is 1. The van der Waals surface area contributed by atoms with Crippen LogP contribution in [0.25, 0.3) is 0 Å². The Morgan fingerprint density at radius 3 is 2.43 bits per heavy atom. The highest BCUT2D eigenvalue weighted by molar-refractivity contribution is 6.13. The molecule has 37 heavy (non-hydrogen) atoms. The Kier molecular flexibility index (Phi) is 7.45. The molecule has 9 heteroatoms. The Bertz CT molecular complexity index is 1160. The lowest BCUT2D eigenvalue weighted by molar-refractivity contribution is 0.0303. The molecule has 0 unspecified atom stereocenters. The number of nitrogens with zero attached hydrogens (tertiary/aromatic N) is 3. The molecule has 196 valence electrons. The largest absolute Gasteiger partial charge is 0.398 e. The van der Waals surface area contributed by atoms with Gasteiger partial charge in [-0.2, -0.15) is 0 Å². The minimum Gasteiger partial charge on any atom is -0.398 e. The van der Waals surface area contributed by atoms with Gasteiger partial charge in [0.1, 0.15) is 0 Å². The summed E-state index contributed by atoms with van der Waals surface area (Å²) in [5.74, 6) is 0.506. The molecule has 2 aromatic rings. The summed E-state index contributed by atoms with van der Waals surface area (Å²) in [5, 5.41) is 10.7. The molecule has 0 radical (unpaired) electrons. The lowest BCUT2D eigenvalue weighted by Gasteiger charge is -2.35. The molecule has 2 saturated heterocycles. The van der Waals surface area contributed by atoms with E-state index in [-0.39, 0.29) is 5.91 Å². The first-order chi connectivity index (χ1) is 17.9. The van der Waals surface area contributed by atoms with Gasteiger partial charge in [-0.1, -0.05) is 6.07 Å². The van der Waals surface area contributed by atoms with Crippen LogP contribution < -0.4 is 21.7 Å². The van der Waals surface area contributed by atoms with Crippen molar-refractivity contribution in [2.24, 2.45) is 0 Å². The number of nitrogen functional groups attached to an aromatic ring is 1. The van der Waals surface area contributed by atoms with Gasteiger partial charge >= 0.3 is 0 Å². The van der Waals surface area contributed by atoms with Crippen LogP contribution in [0.3, 0.4) is 0 Å². The molecule has 0 atom stereocenters. The molecule has 2 fully saturated rings. The lowest BCUT2D eigenvalue weighted by Crippen LogP contribution is -2.40. The summed E-state index contributed by atoms with van der Waals surface area (Å²) in [7, 11) is 0. The predicted octanol–water partition coefficient (Wildman–Crippen LogP) is 3.07. The summed E-state index contributed by atoms with van der Waals surface area (Å²) in [6, 6.07) is 14.2. The van der Waals surface area contributed by atoms with Crippen LogP contribution in [0.1, 0.15) is 54.1 Å². The van der Waals surface area contributed by atoms with Gasteiger partial charge in [-0.15, -0.1) is 5.53 Å². The van der Waals surface area contributed by atoms with Crippen molar-refractivity contribution in [2.45, 2.75) is 38.6 Å². The average molecular weight is 504 g/mol. The van der Waals surface area contributed by atoms with E-state index in [0.717, 1.165) is 37.2 Å². The van der Waals surface area contributed by atoms with Gasteiger partial charge in [-0.3, -0.25) is 20.6 Å². The number of ether oxygens (including phenoxy) is 1. The SMILES string of the molecule is CC(C)N1CCC(c2ccc(N)c(C(=N)C3=CN(c4ccc(C(=O)N5CCOCC5)cc4)NN3)c2)CC1. The van der Waals surface area contributed by atoms with Crippen LogP contribution in [0.4, 0.5) is 11.4 Å². The Morgan fingerprint density at radius 1 is 1.05 bits per heavy atom. The number of hydrazine groups is 2. The topological polar surface area (TPSA) is 110 Å². The number of nitrogens with one attached hydrogen (secondary N) is 3. The summed E-state index contributed by atoms with van der Waals surface area (Å²) in [4.78, 5) is 17.1. The Balaban J connectivity index is 1.26. The van der Waals surface area contributed by atoms with Crippen LogP contribution in [0.15, 0.2) is 54.4 Å². The van der Waals surface area contributed by atoms with Gasteiger partial charge in [-0.25, -0.2) is 0 Å². The predicted molar refractivity (Wildman–Crippen MR) is 146 cm³/mol. The second kappa shape index (κ2) is 10.9. The number of morpholine rings is 1. The first kappa shape index (κ1) is 25.3. The number of anilines is 2. The molecular weight excluding hydrogens is 466 g/mol. The standard InChI is InChI=1S/C28H37N7O2/c1-19(2)33-11-9-20(10-12-33)22-5-8-25(29)24(17-22)27(30)26-18-35(32-31-26)23-6-3-21(4-7-23)28(36)34-13-15-37-16-14-34/h3-8,17-20,30-32H,9-16,29H2,1-2H3. The van der Waals surface area contributed by atoms with Crippen LogP contribution in [0.2, 0.25) is 0 Å². The highest BCUT2D eigenvalue weighted by atomic mass is 16.5. The van der Waals surface area contributed by atoms with E-state index >= 15 is 0 Å². The van der Waals surface area contributed by atoms with Crippen molar-refractivity contribution >= 4 is 23.0 Å². The van der Waals surface area contributed by atoms with Crippen LogP contribution in [-0.2, 0) is 4.74 Å². The maximum absolute atomic E-state index is 12.7. The van der Waals surface area contributed by atoms with Gasteiger partial charge < -0.3 is 20.3 Å². The summed E-state index contributed by atoms with van der Waals surface area (Å²) in [6.07, 6.45) is 4.08. The van der Waals surface area contributed by atoms with E-state index in [9.17, 15) is 4.79 Å². The van der Waals surface area contributed by atoms with E-state index in [1.165, 1.54) is 5.56 Å². The first-order valence-electron chi connectivity index (χ1n) is 13.1. The number of amides is 1. The number of carbonyl (C=O) groups excluding carboxylic acids is 1. The molecule has 0 bridgehead atoms. The third kappa shape index (κ3) is 5.49. The van der Waals surface area contributed by atoms with Gasteiger partial charge in [0, 0.05) is 35.9 Å². The molecule has 5 N–H and O–H groups in total. The molecule has 0 spiro atoms. The molecule has 3 aliphatic rings. The maximum atomic E-state index is 12.7. The monoisotopic (exact) mass is 503 g/mol. The number of rotatable bonds is 6. The summed E-state index contributed by atoms with van der Waals surface area (Å²) in [6.45, 7) is 9.10. The molecule has 5 rings (SSSR count). The highest BCUT2D eigenvalue weighted by Crippen LogP contribution is 2.31. The fourth-order valence-corrected chi connectivity index (χ4v) is 5.23. The fraction of sp³-hybridized carbons (Fsp3) is 0.429. The average Bonchev–Trinajstić information content (AvgIpc) is 3.44. The lowest BCUT2D eigenvalue weighted by atomic mass is 9.87. The van der Waals surface area contributed by atoms with Crippen molar-refractivity contribution in [3.8, 4) is 0 Å². The van der Waals surface area contributed by atoms with E-state index in [4.69, 9.17) is 15.9 Å². The van der Waals surface area contributed by atoms with E-state index < -0.39 is 0 Å². The van der Waals surface area contributed by atoms with Crippen molar-refractivity contribution in [1.82, 2.24) is 20.8 Å². The maximum Gasteiger partial charge on any atom is 0.254 e. The van der Waals surface area contributed by atoms with E-state index in [0.29, 0.717) is 60.9 Å². The normalized spacial score (nSPS) is 19.2. The Hall–Kier alpha value is -3.40. The first-order valence-corrected chi connectivity index (χ1v) is 13.1. The Morgan fingerprint density at radius 2 is 1.76 bits per heavy atom. The number of nitrogens with two attached hydrogens (primary N) is 1. The van der Waals surface area contributed by atoms with E-state index in [1.807, 2.05) is 41.4 Å². The highest BCUT2D eigenvalue weighted by Gasteiger charge is 2.25. The number of piperidine rings is 1. The zero-order chi connectivity index (χ0) is 25.9. The fourth-order valence-electron chi connectivity index (χ4n) is 5.23. The molecule has 0 saturated carbocycles. The van der Waals surface area contributed by atoms with Gasteiger partial charge in [0.2, 0.25) is 0 Å². The van der Waals surface area contributed by atoms with Gasteiger partial charge in [0.15, 0.2) is 0 Å². The Labute approximate surface area is 218 Å². The second-order valence-corrected chi connectivity index (χ2v) is 10.2. The molecular formula is C28H37N7O2. The molecule has 3 heterocycles. The van der Waals surface area contributed by atoms with Crippen molar-refractivity contribution in [2.75, 3.05) is 50.1 Å². The second-order valence-electron chi connectivity index (χ2n) is 10.2. The quantitative estimate of drug-likeness (QED) is 0.354. The van der Waals surface area contributed by atoms with Gasteiger partial charge in [0.05, 0.1) is 36.5 Å². The number of benzene rings is 2. The number of hydrogen-bond acceptors (Lipinski definition) is 8. The zero-order valence-electron chi connectivity index (χ0n) is 21.7. The number of likely N-dealkylation sites (tertiary alicyclic amines) is 1. The smallest absolute Gasteiger partial charge is 0.254 e. The van der Waals surface area contributed by atoms with Crippen LogP contribution in [0, 0.1) is 5.41 Å². The third-order valence-corrected chi connectivity index (χ3v) is 7.61. The van der Waals surface area contributed by atoms with E-state index in [2.05, 4.69) is 41.8 Å². The summed E-state index contributed by atoms with van der Waals surface area (Å²) >= 11 is 0. The van der Waals surface area contributed by atoms with Crippen molar-refractivity contribution in [1.29, 1.82) is 5.41 Å². The van der Waals surface area contributed by atoms with Crippen molar-refractivity contribution < 1.29 is 9.53 Å². The molecule has 0 aromatic heterocycles.